The van der Waals surface area contributed by atoms with Crippen molar-refractivity contribution in [2.75, 3.05) is 0 Å². The summed E-state index contributed by atoms with van der Waals surface area (Å²) in [6.45, 7) is 0. The summed E-state index contributed by atoms with van der Waals surface area (Å²) in [6, 6.07) is 10.3. The van der Waals surface area contributed by atoms with Gasteiger partial charge < -0.3 is 10.2 Å². The third kappa shape index (κ3) is 7.15. The van der Waals surface area contributed by atoms with E-state index in [1.54, 1.807) is 0 Å². The maximum atomic E-state index is 12.2. The van der Waals surface area contributed by atoms with E-state index in [4.69, 9.17) is 69.6 Å². The van der Waals surface area contributed by atoms with Gasteiger partial charge in [0.25, 0.3) is 20.2 Å². The molecule has 0 atom stereocenters. The minimum absolute atomic E-state index is 0.00309. The first-order chi connectivity index (χ1) is 19.9. The molecule has 0 saturated carbocycles. The van der Waals surface area contributed by atoms with E-state index in [9.17, 15) is 36.2 Å². The number of benzene rings is 4. The molecule has 0 heterocycles. The molecule has 0 amide bonds. The summed E-state index contributed by atoms with van der Waals surface area (Å²) in [7, 11) is -9.64. The Labute approximate surface area is 276 Å². The molecule has 0 bridgehead atoms. The molecule has 4 aromatic rings. The highest BCUT2D eigenvalue weighted by molar-refractivity contribution is 7.86. The molecule has 0 fully saturated rings. The maximum Gasteiger partial charge on any atom is 0.294 e. The molecule has 43 heavy (non-hydrogen) atoms. The molecule has 0 saturated heterocycles. The monoisotopic (exact) mass is 744 g/mol. The first-order valence-electron chi connectivity index (χ1n) is 11.8. The Kier molecular flexibility index (Phi) is 10.1. The molecule has 0 spiro atoms. The zero-order valence-electron chi connectivity index (χ0n) is 21.2. The van der Waals surface area contributed by atoms with Gasteiger partial charge in [-0.15, -0.1) is 0 Å². The highest BCUT2D eigenvalue weighted by Crippen LogP contribution is 2.41. The van der Waals surface area contributed by atoms with Gasteiger partial charge in [-0.3, -0.25) is 9.11 Å². The van der Waals surface area contributed by atoms with Gasteiger partial charge in [0.1, 0.15) is 21.3 Å². The smallest absolute Gasteiger partial charge is 0.294 e. The second kappa shape index (κ2) is 12.8. The van der Waals surface area contributed by atoms with Gasteiger partial charge in [0.2, 0.25) is 0 Å². The Morgan fingerprint density at radius 3 is 1.12 bits per heavy atom. The van der Waals surface area contributed by atoms with Crippen LogP contribution in [0.3, 0.4) is 0 Å². The highest BCUT2D eigenvalue weighted by atomic mass is 35.5. The topological polar surface area (TPSA) is 149 Å². The molecule has 228 valence electrons. The molecule has 0 aliphatic rings. The summed E-state index contributed by atoms with van der Waals surface area (Å²) in [5.41, 5.74) is 0.303. The SMILES string of the molecule is O=S(=O)(O)c1ccc(Cc2ccc(S(=O)(=O)O)c(Cc3ccc(Cl)c(Cl)c3Cl)c2O)c(O)c1Cc1ccc(Cl)c(Cl)c1Cl. The van der Waals surface area contributed by atoms with E-state index in [0.29, 0.717) is 0 Å². The summed E-state index contributed by atoms with van der Waals surface area (Å²) < 4.78 is 68.3. The molecule has 4 rings (SSSR count). The average Bonchev–Trinajstić information content (AvgIpc) is 2.91. The van der Waals surface area contributed by atoms with Crippen molar-refractivity contribution in [3.05, 3.63) is 112 Å². The Hall–Kier alpha value is -1.96. The van der Waals surface area contributed by atoms with Gasteiger partial charge in [-0.1, -0.05) is 93.9 Å². The normalized spacial score (nSPS) is 12.1. The van der Waals surface area contributed by atoms with Crippen LogP contribution in [0.1, 0.15) is 33.4 Å². The largest absolute Gasteiger partial charge is 0.507 e. The van der Waals surface area contributed by atoms with Crippen LogP contribution in [0, 0.1) is 0 Å². The van der Waals surface area contributed by atoms with Crippen molar-refractivity contribution in [3.63, 3.8) is 0 Å². The summed E-state index contributed by atoms with van der Waals surface area (Å²) in [4.78, 5) is -1.20. The Morgan fingerprint density at radius 2 is 0.791 bits per heavy atom. The Bertz CT molecular complexity index is 1850. The van der Waals surface area contributed by atoms with E-state index in [1.807, 2.05) is 0 Å². The predicted octanol–water partition coefficient (Wildman–Crippen LogP) is 8.28. The number of hydrogen-bond acceptors (Lipinski definition) is 6. The molecule has 4 N–H and O–H groups in total. The number of phenolic OH excluding ortho intramolecular Hbond substituents is 2. The summed E-state index contributed by atoms with van der Waals surface area (Å²) in [5.74, 6) is -1.10. The molecule has 8 nitrogen and oxygen atoms in total. The van der Waals surface area contributed by atoms with Crippen molar-refractivity contribution in [3.8, 4) is 11.5 Å². The molecule has 0 unspecified atom stereocenters. The van der Waals surface area contributed by atoms with Crippen LogP contribution in [0.5, 0.6) is 11.5 Å². The van der Waals surface area contributed by atoms with Crippen molar-refractivity contribution in [1.82, 2.24) is 0 Å². The zero-order valence-corrected chi connectivity index (χ0v) is 27.4. The number of aromatic hydroxyl groups is 2. The molecule has 16 heteroatoms. The third-order valence-corrected chi connectivity index (χ3v) is 11.1. The van der Waals surface area contributed by atoms with Gasteiger partial charge in [0.15, 0.2) is 0 Å². The minimum atomic E-state index is -4.82. The van der Waals surface area contributed by atoms with Crippen LogP contribution in [0.4, 0.5) is 0 Å². The molecule has 0 radical (unpaired) electrons. The highest BCUT2D eigenvalue weighted by Gasteiger charge is 2.26. The number of phenols is 2. The van der Waals surface area contributed by atoms with Crippen LogP contribution in [0.15, 0.2) is 58.3 Å². The van der Waals surface area contributed by atoms with Gasteiger partial charge in [-0.05, 0) is 46.5 Å². The summed E-state index contributed by atoms with van der Waals surface area (Å²) in [5, 5.41) is 22.7. The van der Waals surface area contributed by atoms with Crippen LogP contribution in [-0.4, -0.2) is 36.2 Å². The molecule has 0 aliphatic heterocycles. The van der Waals surface area contributed by atoms with Gasteiger partial charge in [0, 0.05) is 30.4 Å². The lowest BCUT2D eigenvalue weighted by molar-refractivity contribution is 0.448. The standard InChI is InChI=1S/C27H18Cl6O8S2/c28-18-5-1-12(22(30)24(18)32)10-16-20(42(36,37)38)7-3-14(26(16)34)9-15-4-8-21(43(39,40)41)17(27(15)35)11-13-2-6-19(29)25(33)23(13)31/h1-8,34-35H,9-11H2,(H,36,37,38)(H,39,40,41). The third-order valence-electron chi connectivity index (χ3n) is 6.55. The van der Waals surface area contributed by atoms with Crippen LogP contribution in [-0.2, 0) is 39.5 Å². The lowest BCUT2D eigenvalue weighted by atomic mass is 9.94. The van der Waals surface area contributed by atoms with Crippen LogP contribution >= 0.6 is 69.6 Å². The fourth-order valence-electron chi connectivity index (χ4n) is 4.43. The molecular weight excluding hydrogens is 729 g/mol. The molecule has 4 aromatic carbocycles. The maximum absolute atomic E-state index is 12.2. The van der Waals surface area contributed by atoms with E-state index in [2.05, 4.69) is 0 Å². The van der Waals surface area contributed by atoms with Gasteiger partial charge in [-0.25, -0.2) is 0 Å². The molecule has 0 aliphatic carbocycles. The van der Waals surface area contributed by atoms with Gasteiger partial charge in [0.05, 0.1) is 30.1 Å². The van der Waals surface area contributed by atoms with Crippen LogP contribution in [0.25, 0.3) is 0 Å². The second-order valence-electron chi connectivity index (χ2n) is 9.25. The minimum Gasteiger partial charge on any atom is -0.507 e. The van der Waals surface area contributed by atoms with E-state index < -0.39 is 41.5 Å². The summed E-state index contributed by atoms with van der Waals surface area (Å²) >= 11 is 36.8. The van der Waals surface area contributed by atoms with Gasteiger partial charge in [-0.2, -0.15) is 16.8 Å². The molecule has 0 aromatic heterocycles. The van der Waals surface area contributed by atoms with Crippen molar-refractivity contribution < 1.29 is 36.2 Å². The van der Waals surface area contributed by atoms with Crippen molar-refractivity contribution in [2.24, 2.45) is 0 Å². The van der Waals surface area contributed by atoms with Crippen LogP contribution < -0.4 is 0 Å². The van der Waals surface area contributed by atoms with Gasteiger partial charge >= 0.3 is 0 Å². The first kappa shape index (κ1) is 33.9. The van der Waals surface area contributed by atoms with E-state index in [0.717, 1.165) is 12.1 Å². The Balaban J connectivity index is 1.84. The number of hydrogen-bond donors (Lipinski definition) is 4. The number of rotatable bonds is 8. The lowest BCUT2D eigenvalue weighted by Crippen LogP contribution is -2.08. The fourth-order valence-corrected chi connectivity index (χ4v) is 7.12. The molecular formula is C27H18Cl6O8S2. The van der Waals surface area contributed by atoms with Crippen molar-refractivity contribution in [1.29, 1.82) is 0 Å². The van der Waals surface area contributed by atoms with E-state index >= 15 is 0 Å². The van der Waals surface area contributed by atoms with Crippen molar-refractivity contribution in [2.45, 2.75) is 29.1 Å². The zero-order chi connectivity index (χ0) is 32.0. The van der Waals surface area contributed by atoms with Crippen molar-refractivity contribution >= 4 is 89.8 Å². The summed E-state index contributed by atoms with van der Waals surface area (Å²) in [6.07, 6.45) is -0.835. The Morgan fingerprint density at radius 1 is 0.465 bits per heavy atom. The lowest BCUT2D eigenvalue weighted by Gasteiger charge is -2.17. The number of halogens is 6. The first-order valence-corrected chi connectivity index (χ1v) is 16.9. The average molecular weight is 747 g/mol. The van der Waals surface area contributed by atoms with Crippen LogP contribution in [0.2, 0.25) is 30.1 Å². The second-order valence-corrected chi connectivity index (χ2v) is 14.4. The predicted molar refractivity (Wildman–Crippen MR) is 167 cm³/mol. The van der Waals surface area contributed by atoms with E-state index in [-0.39, 0.29) is 82.8 Å². The fraction of sp³-hybridized carbons (Fsp3) is 0.111. The van der Waals surface area contributed by atoms with E-state index in [1.165, 1.54) is 36.4 Å². The quantitative estimate of drug-likeness (QED) is 0.104.